The van der Waals surface area contributed by atoms with E-state index in [2.05, 4.69) is 10.3 Å². The number of hydrogen-bond donors (Lipinski definition) is 1. The van der Waals surface area contributed by atoms with Crippen molar-refractivity contribution in [3.8, 4) is 5.88 Å². The number of likely N-dealkylation sites (tertiary alicyclic amines) is 1. The van der Waals surface area contributed by atoms with E-state index in [-0.39, 0.29) is 17.5 Å². The summed E-state index contributed by atoms with van der Waals surface area (Å²) in [5.41, 5.74) is 0.0765. The maximum Gasteiger partial charge on any atom is 0.273 e. The molecule has 0 radical (unpaired) electrons. The van der Waals surface area contributed by atoms with Crippen molar-refractivity contribution in [1.82, 2.24) is 15.2 Å². The van der Waals surface area contributed by atoms with Crippen LogP contribution in [0, 0.1) is 0 Å². The first-order valence-electron chi connectivity index (χ1n) is 7.43. The number of aromatic nitrogens is 1. The summed E-state index contributed by atoms with van der Waals surface area (Å²) in [4.78, 5) is 30.0. The van der Waals surface area contributed by atoms with Crippen LogP contribution < -0.4 is 10.1 Å². The van der Waals surface area contributed by atoms with Crippen LogP contribution in [0.2, 0.25) is 0 Å². The zero-order chi connectivity index (χ0) is 16.8. The van der Waals surface area contributed by atoms with E-state index in [1.54, 1.807) is 0 Å². The molecule has 23 heavy (non-hydrogen) atoms. The normalized spacial score (nSPS) is 17.9. The lowest BCUT2D eigenvalue weighted by atomic mass is 10.0. The van der Waals surface area contributed by atoms with Crippen LogP contribution in [0.15, 0.2) is 18.2 Å². The molecule has 1 aromatic heterocycles. The van der Waals surface area contributed by atoms with Crippen LogP contribution in [0.25, 0.3) is 0 Å². The molecule has 1 aromatic rings. The highest BCUT2D eigenvalue weighted by atomic mass is 19.3. The van der Waals surface area contributed by atoms with E-state index in [4.69, 9.17) is 4.74 Å². The Labute approximate surface area is 132 Å². The van der Waals surface area contributed by atoms with E-state index in [0.717, 1.165) is 12.8 Å². The highest BCUT2D eigenvalue weighted by Gasteiger charge is 2.32. The highest BCUT2D eigenvalue weighted by molar-refractivity contribution is 5.96. The fourth-order valence-electron chi connectivity index (χ4n) is 2.52. The molecule has 126 valence electrons. The van der Waals surface area contributed by atoms with Crippen LogP contribution >= 0.6 is 0 Å². The van der Waals surface area contributed by atoms with Gasteiger partial charge in [0.25, 0.3) is 12.3 Å². The SMILES string of the molecule is CNC(=O)C1CCCCN1C(=O)c1cccc(OCC(F)F)n1. The molecule has 2 amide bonds. The van der Waals surface area contributed by atoms with Crippen LogP contribution in [0.5, 0.6) is 5.88 Å². The Bertz CT molecular complexity index is 569. The first kappa shape index (κ1) is 17.1. The zero-order valence-corrected chi connectivity index (χ0v) is 12.8. The van der Waals surface area contributed by atoms with Gasteiger partial charge in [-0.2, -0.15) is 0 Å². The van der Waals surface area contributed by atoms with Crippen molar-refractivity contribution in [3.63, 3.8) is 0 Å². The fraction of sp³-hybridized carbons (Fsp3) is 0.533. The summed E-state index contributed by atoms with van der Waals surface area (Å²) < 4.78 is 29.2. The molecule has 1 unspecified atom stereocenters. The van der Waals surface area contributed by atoms with Gasteiger partial charge in [-0.25, -0.2) is 13.8 Å². The standard InChI is InChI=1S/C15H19F2N3O3/c1-18-14(21)11-6-2-3-8-20(11)15(22)10-5-4-7-13(19-10)23-9-12(16)17/h4-5,7,11-12H,2-3,6,8-9H2,1H3,(H,18,21). The van der Waals surface area contributed by atoms with E-state index in [0.29, 0.717) is 13.0 Å². The molecule has 0 bridgehead atoms. The number of piperidine rings is 1. The third-order valence-corrected chi connectivity index (χ3v) is 3.61. The first-order valence-corrected chi connectivity index (χ1v) is 7.43. The van der Waals surface area contributed by atoms with E-state index >= 15 is 0 Å². The molecule has 0 aliphatic carbocycles. The number of alkyl halides is 2. The molecule has 0 saturated carbocycles. The van der Waals surface area contributed by atoms with E-state index in [1.807, 2.05) is 0 Å². The van der Waals surface area contributed by atoms with Crippen molar-refractivity contribution in [2.75, 3.05) is 20.2 Å². The Morgan fingerprint density at radius 2 is 2.22 bits per heavy atom. The second-order valence-electron chi connectivity index (χ2n) is 5.19. The van der Waals surface area contributed by atoms with Gasteiger partial charge in [-0.1, -0.05) is 6.07 Å². The fourth-order valence-corrected chi connectivity index (χ4v) is 2.52. The van der Waals surface area contributed by atoms with Gasteiger partial charge < -0.3 is 15.0 Å². The molecule has 2 heterocycles. The second kappa shape index (κ2) is 7.85. The van der Waals surface area contributed by atoms with Crippen molar-refractivity contribution >= 4 is 11.8 Å². The van der Waals surface area contributed by atoms with E-state index < -0.39 is 25.0 Å². The van der Waals surface area contributed by atoms with Gasteiger partial charge in [-0.3, -0.25) is 9.59 Å². The lowest BCUT2D eigenvalue weighted by Crippen LogP contribution is -2.51. The minimum absolute atomic E-state index is 0.0374. The van der Waals surface area contributed by atoms with Crippen molar-refractivity contribution in [3.05, 3.63) is 23.9 Å². The maximum absolute atomic E-state index is 12.6. The molecule has 1 saturated heterocycles. The Kier molecular flexibility index (Phi) is 5.84. The predicted octanol–water partition coefficient (Wildman–Crippen LogP) is 1.47. The summed E-state index contributed by atoms with van der Waals surface area (Å²) in [6, 6.07) is 3.87. The van der Waals surface area contributed by atoms with Crippen LogP contribution in [0.1, 0.15) is 29.8 Å². The second-order valence-corrected chi connectivity index (χ2v) is 5.19. The molecule has 0 aromatic carbocycles. The Morgan fingerprint density at radius 1 is 1.43 bits per heavy atom. The summed E-state index contributed by atoms with van der Waals surface area (Å²) in [5, 5.41) is 2.55. The number of pyridine rings is 1. The maximum atomic E-state index is 12.6. The highest BCUT2D eigenvalue weighted by Crippen LogP contribution is 2.20. The summed E-state index contributed by atoms with van der Waals surface area (Å²) in [6.07, 6.45) is -0.350. The Morgan fingerprint density at radius 3 is 2.91 bits per heavy atom. The summed E-state index contributed by atoms with van der Waals surface area (Å²) >= 11 is 0. The first-order chi connectivity index (χ1) is 11.0. The van der Waals surface area contributed by atoms with Crippen molar-refractivity contribution < 1.29 is 23.1 Å². The van der Waals surface area contributed by atoms with Gasteiger partial charge in [0.05, 0.1) is 0 Å². The average molecular weight is 327 g/mol. The number of rotatable bonds is 5. The largest absolute Gasteiger partial charge is 0.472 e. The lowest BCUT2D eigenvalue weighted by molar-refractivity contribution is -0.126. The molecule has 0 spiro atoms. The van der Waals surface area contributed by atoms with Gasteiger partial charge >= 0.3 is 0 Å². The van der Waals surface area contributed by atoms with Crippen LogP contribution in [0.4, 0.5) is 8.78 Å². The van der Waals surface area contributed by atoms with Crippen LogP contribution in [0.3, 0.4) is 0 Å². The summed E-state index contributed by atoms with van der Waals surface area (Å²) in [7, 11) is 1.52. The third kappa shape index (κ3) is 4.37. The van der Waals surface area contributed by atoms with Crippen molar-refractivity contribution in [2.45, 2.75) is 31.7 Å². The number of ether oxygens (including phenoxy) is 1. The molecule has 1 aliphatic rings. The summed E-state index contributed by atoms with van der Waals surface area (Å²) in [5.74, 6) is -0.659. The van der Waals surface area contributed by atoms with Crippen LogP contribution in [-0.2, 0) is 4.79 Å². The number of carbonyl (C=O) groups excluding carboxylic acids is 2. The summed E-state index contributed by atoms with van der Waals surface area (Å²) in [6.45, 7) is -0.323. The third-order valence-electron chi connectivity index (χ3n) is 3.61. The minimum Gasteiger partial charge on any atom is -0.472 e. The number of halogens is 2. The van der Waals surface area contributed by atoms with E-state index in [1.165, 1.54) is 30.1 Å². The predicted molar refractivity (Wildman–Crippen MR) is 78.5 cm³/mol. The van der Waals surface area contributed by atoms with Gasteiger partial charge in [-0.05, 0) is 25.3 Å². The number of likely N-dealkylation sites (N-methyl/N-ethyl adjacent to an activating group) is 1. The van der Waals surface area contributed by atoms with Crippen LogP contribution in [-0.4, -0.2) is 54.4 Å². The number of nitrogens with zero attached hydrogens (tertiary/aromatic N) is 2. The topological polar surface area (TPSA) is 71.5 Å². The smallest absolute Gasteiger partial charge is 0.273 e. The minimum atomic E-state index is -2.61. The molecular formula is C15H19F2N3O3. The lowest BCUT2D eigenvalue weighted by Gasteiger charge is -2.34. The zero-order valence-electron chi connectivity index (χ0n) is 12.8. The Balaban J connectivity index is 2.14. The van der Waals surface area contributed by atoms with Crippen molar-refractivity contribution in [2.24, 2.45) is 0 Å². The van der Waals surface area contributed by atoms with Crippen molar-refractivity contribution in [1.29, 1.82) is 0 Å². The molecular weight excluding hydrogens is 308 g/mol. The monoisotopic (exact) mass is 327 g/mol. The number of amides is 2. The molecule has 1 N–H and O–H groups in total. The van der Waals surface area contributed by atoms with Gasteiger partial charge in [0, 0.05) is 19.7 Å². The van der Waals surface area contributed by atoms with Gasteiger partial charge in [-0.15, -0.1) is 0 Å². The van der Waals surface area contributed by atoms with Gasteiger partial charge in [0.2, 0.25) is 11.8 Å². The molecule has 8 heteroatoms. The quantitative estimate of drug-likeness (QED) is 0.889. The average Bonchev–Trinajstić information content (AvgIpc) is 2.59. The number of nitrogens with one attached hydrogen (secondary N) is 1. The number of hydrogen-bond acceptors (Lipinski definition) is 4. The van der Waals surface area contributed by atoms with Gasteiger partial charge in [0.1, 0.15) is 11.7 Å². The Hall–Kier alpha value is -2.25. The molecule has 1 aliphatic heterocycles. The molecule has 1 fully saturated rings. The molecule has 6 nitrogen and oxygen atoms in total. The van der Waals surface area contributed by atoms with Gasteiger partial charge in [0.15, 0.2) is 6.61 Å². The number of carbonyl (C=O) groups is 2. The van der Waals surface area contributed by atoms with E-state index in [9.17, 15) is 18.4 Å². The molecule has 1 atom stereocenters. The molecule has 2 rings (SSSR count).